The Balaban J connectivity index is 1.62. The third-order valence-corrected chi connectivity index (χ3v) is 5.25. The van der Waals surface area contributed by atoms with Crippen molar-refractivity contribution in [3.05, 3.63) is 42.4 Å². The number of carbonyl (C=O) groups is 1. The lowest BCUT2D eigenvalue weighted by molar-refractivity contribution is -0.124. The van der Waals surface area contributed by atoms with Crippen LogP contribution in [0.25, 0.3) is 11.3 Å². The number of carbonyl (C=O) groups excluding carboxylic acids is 1. The summed E-state index contributed by atoms with van der Waals surface area (Å²) in [4.78, 5) is 16.4. The van der Waals surface area contributed by atoms with E-state index in [1.807, 2.05) is 30.3 Å². The molecule has 1 atom stereocenters. The number of oxazole rings is 1. The number of amides is 1. The van der Waals surface area contributed by atoms with Crippen molar-refractivity contribution in [2.45, 2.75) is 25.4 Å². The number of sulfonamides is 1. The number of aromatic nitrogens is 1. The molecule has 1 N–H and O–H groups in total. The van der Waals surface area contributed by atoms with Crippen LogP contribution in [0.3, 0.4) is 0 Å². The number of benzene rings is 1. The van der Waals surface area contributed by atoms with Gasteiger partial charge in [0.2, 0.25) is 21.8 Å². The van der Waals surface area contributed by atoms with Crippen molar-refractivity contribution in [1.29, 1.82) is 0 Å². The number of hydrogen-bond acceptors (Lipinski definition) is 5. The highest BCUT2D eigenvalue weighted by Crippen LogP contribution is 2.21. The van der Waals surface area contributed by atoms with Crippen molar-refractivity contribution in [3.8, 4) is 11.3 Å². The first-order valence-electron chi connectivity index (χ1n) is 7.70. The fourth-order valence-electron chi connectivity index (χ4n) is 2.81. The zero-order valence-corrected chi connectivity index (χ0v) is 14.1. The van der Waals surface area contributed by atoms with Crippen LogP contribution in [-0.4, -0.2) is 42.5 Å². The van der Waals surface area contributed by atoms with Gasteiger partial charge in [-0.2, -0.15) is 4.31 Å². The zero-order chi connectivity index (χ0) is 17.2. The van der Waals surface area contributed by atoms with Crippen LogP contribution >= 0.6 is 0 Å². The van der Waals surface area contributed by atoms with Gasteiger partial charge in [0.1, 0.15) is 6.04 Å². The topological polar surface area (TPSA) is 92.5 Å². The average Bonchev–Trinajstić information content (AvgIpc) is 3.22. The van der Waals surface area contributed by atoms with Crippen LogP contribution in [0.15, 0.2) is 40.9 Å². The number of hydrogen-bond donors (Lipinski definition) is 1. The Labute approximate surface area is 140 Å². The van der Waals surface area contributed by atoms with E-state index in [2.05, 4.69) is 10.3 Å². The molecule has 1 aliphatic heterocycles. The normalized spacial score (nSPS) is 18.6. The van der Waals surface area contributed by atoms with Gasteiger partial charge in [0, 0.05) is 12.1 Å². The van der Waals surface area contributed by atoms with E-state index in [9.17, 15) is 13.2 Å². The molecule has 0 saturated carbocycles. The Morgan fingerprint density at radius 3 is 2.83 bits per heavy atom. The van der Waals surface area contributed by atoms with Crippen molar-refractivity contribution in [2.75, 3.05) is 12.8 Å². The van der Waals surface area contributed by atoms with Gasteiger partial charge in [-0.25, -0.2) is 13.4 Å². The summed E-state index contributed by atoms with van der Waals surface area (Å²) in [5.41, 5.74) is 0.904. The Hall–Kier alpha value is -2.19. The summed E-state index contributed by atoms with van der Waals surface area (Å²) >= 11 is 0. The summed E-state index contributed by atoms with van der Waals surface area (Å²) < 4.78 is 30.3. The largest absolute Gasteiger partial charge is 0.439 e. The second-order valence-corrected chi connectivity index (χ2v) is 7.67. The van der Waals surface area contributed by atoms with Crippen molar-refractivity contribution in [1.82, 2.24) is 14.6 Å². The first-order chi connectivity index (χ1) is 11.4. The molecule has 0 radical (unpaired) electrons. The maximum atomic E-state index is 12.3. The van der Waals surface area contributed by atoms with E-state index in [4.69, 9.17) is 4.42 Å². The van der Waals surface area contributed by atoms with Crippen LogP contribution < -0.4 is 5.32 Å². The summed E-state index contributed by atoms with van der Waals surface area (Å²) in [6, 6.07) is 8.88. The quantitative estimate of drug-likeness (QED) is 0.880. The van der Waals surface area contributed by atoms with Gasteiger partial charge in [-0.1, -0.05) is 30.3 Å². The van der Waals surface area contributed by atoms with Gasteiger partial charge < -0.3 is 9.73 Å². The first-order valence-corrected chi connectivity index (χ1v) is 9.54. The van der Waals surface area contributed by atoms with Gasteiger partial charge in [0.05, 0.1) is 19.0 Å². The van der Waals surface area contributed by atoms with Gasteiger partial charge in [0.25, 0.3) is 0 Å². The molecule has 1 amide bonds. The molecule has 1 aromatic carbocycles. The summed E-state index contributed by atoms with van der Waals surface area (Å²) in [5.74, 6) is 0.682. The number of nitrogens with zero attached hydrogens (tertiary/aromatic N) is 2. The Bertz CT molecular complexity index is 817. The lowest BCUT2D eigenvalue weighted by Gasteiger charge is -2.20. The Morgan fingerprint density at radius 1 is 1.38 bits per heavy atom. The van der Waals surface area contributed by atoms with Crippen LogP contribution in [0.1, 0.15) is 18.7 Å². The minimum absolute atomic E-state index is 0.125. The lowest BCUT2D eigenvalue weighted by Crippen LogP contribution is -2.45. The highest BCUT2D eigenvalue weighted by atomic mass is 32.2. The number of nitrogens with one attached hydrogen (secondary N) is 1. The minimum atomic E-state index is -3.38. The predicted molar refractivity (Wildman–Crippen MR) is 88.4 cm³/mol. The molecule has 7 nitrogen and oxygen atoms in total. The molecule has 1 aromatic heterocycles. The van der Waals surface area contributed by atoms with Gasteiger partial charge in [0.15, 0.2) is 5.76 Å². The standard InChI is InChI=1S/C16H19N3O4S/c1-24(21,22)19-9-5-8-13(19)16(20)18-11-15-17-10-14(23-15)12-6-3-2-4-7-12/h2-4,6-7,10,13H,5,8-9,11H2,1H3,(H,18,20)/t13-/m1/s1. The van der Waals surface area contributed by atoms with Crippen LogP contribution in [0, 0.1) is 0 Å². The molecule has 24 heavy (non-hydrogen) atoms. The molecule has 1 aliphatic rings. The fraction of sp³-hybridized carbons (Fsp3) is 0.375. The van der Waals surface area contributed by atoms with E-state index in [-0.39, 0.29) is 12.5 Å². The molecule has 3 rings (SSSR count). The molecule has 2 heterocycles. The first kappa shape index (κ1) is 16.7. The van der Waals surface area contributed by atoms with E-state index in [0.29, 0.717) is 31.0 Å². The Morgan fingerprint density at radius 2 is 2.12 bits per heavy atom. The van der Waals surface area contributed by atoms with E-state index in [1.54, 1.807) is 6.20 Å². The molecular weight excluding hydrogens is 330 g/mol. The zero-order valence-electron chi connectivity index (χ0n) is 13.3. The SMILES string of the molecule is CS(=O)(=O)N1CCC[C@@H]1C(=O)NCc1ncc(-c2ccccc2)o1. The molecule has 0 unspecified atom stereocenters. The van der Waals surface area contributed by atoms with E-state index < -0.39 is 16.1 Å². The third kappa shape index (κ3) is 3.65. The molecule has 0 aliphatic carbocycles. The molecule has 1 fully saturated rings. The smallest absolute Gasteiger partial charge is 0.238 e. The van der Waals surface area contributed by atoms with Gasteiger partial charge in [-0.15, -0.1) is 0 Å². The molecule has 2 aromatic rings. The fourth-order valence-corrected chi connectivity index (χ4v) is 3.93. The Kier molecular flexibility index (Phi) is 4.68. The predicted octanol–water partition coefficient (Wildman–Crippen LogP) is 1.38. The third-order valence-electron chi connectivity index (χ3n) is 3.96. The molecule has 1 saturated heterocycles. The summed E-state index contributed by atoms with van der Waals surface area (Å²) in [6.45, 7) is 0.508. The summed E-state index contributed by atoms with van der Waals surface area (Å²) in [5, 5.41) is 2.71. The molecular formula is C16H19N3O4S. The molecule has 0 spiro atoms. The van der Waals surface area contributed by atoms with Crippen molar-refractivity contribution < 1.29 is 17.6 Å². The van der Waals surface area contributed by atoms with E-state index in [0.717, 1.165) is 11.8 Å². The van der Waals surface area contributed by atoms with E-state index in [1.165, 1.54) is 4.31 Å². The highest BCUT2D eigenvalue weighted by Gasteiger charge is 2.36. The van der Waals surface area contributed by atoms with E-state index >= 15 is 0 Å². The second kappa shape index (κ2) is 6.74. The van der Waals surface area contributed by atoms with Crippen LogP contribution in [0.5, 0.6) is 0 Å². The molecule has 128 valence electrons. The summed E-state index contributed by atoms with van der Waals surface area (Å²) in [6.07, 6.45) is 3.94. The van der Waals surface area contributed by atoms with Gasteiger partial charge in [-0.05, 0) is 12.8 Å². The van der Waals surface area contributed by atoms with Crippen LogP contribution in [-0.2, 0) is 21.4 Å². The van der Waals surface area contributed by atoms with Crippen LogP contribution in [0.4, 0.5) is 0 Å². The lowest BCUT2D eigenvalue weighted by atomic mass is 10.2. The minimum Gasteiger partial charge on any atom is -0.439 e. The van der Waals surface area contributed by atoms with Gasteiger partial charge >= 0.3 is 0 Å². The maximum absolute atomic E-state index is 12.3. The van der Waals surface area contributed by atoms with Crippen LogP contribution in [0.2, 0.25) is 0 Å². The molecule has 0 bridgehead atoms. The monoisotopic (exact) mass is 349 g/mol. The van der Waals surface area contributed by atoms with Crippen molar-refractivity contribution in [2.24, 2.45) is 0 Å². The summed E-state index contributed by atoms with van der Waals surface area (Å²) in [7, 11) is -3.38. The van der Waals surface area contributed by atoms with Gasteiger partial charge in [-0.3, -0.25) is 4.79 Å². The average molecular weight is 349 g/mol. The number of rotatable bonds is 5. The molecule has 8 heteroatoms. The highest BCUT2D eigenvalue weighted by molar-refractivity contribution is 7.88. The van der Waals surface area contributed by atoms with Crippen molar-refractivity contribution in [3.63, 3.8) is 0 Å². The second-order valence-electron chi connectivity index (χ2n) is 5.73. The maximum Gasteiger partial charge on any atom is 0.238 e. The van der Waals surface area contributed by atoms with Crippen molar-refractivity contribution >= 4 is 15.9 Å².